The number of aromatic nitrogens is 2. The molecule has 1 saturated heterocycles. The second kappa shape index (κ2) is 6.00. The van der Waals surface area contributed by atoms with Gasteiger partial charge in [-0.2, -0.15) is 4.98 Å². The van der Waals surface area contributed by atoms with Gasteiger partial charge in [0.2, 0.25) is 5.95 Å². The maximum Gasteiger partial charge on any atom is 0.225 e. The van der Waals surface area contributed by atoms with Gasteiger partial charge < -0.3 is 15.2 Å². The summed E-state index contributed by atoms with van der Waals surface area (Å²) in [5.41, 5.74) is 7.36. The van der Waals surface area contributed by atoms with Crippen LogP contribution in [0.15, 0.2) is 33.9 Å². The van der Waals surface area contributed by atoms with Crippen LogP contribution in [0.2, 0.25) is 0 Å². The standard InChI is InChI=1S/C16H20N6O/c1-10-7-14(19-15-8-13(21-22-15)11-4-5-11)20-16(18-10)17-9-12-3-2-6-23-12/h2-3,6-7,11,13,21H,4-5,8-9H2,1H3,(H2,17,18,19,20,22). The Kier molecular flexibility index (Phi) is 3.70. The van der Waals surface area contributed by atoms with Gasteiger partial charge in [0.1, 0.15) is 11.6 Å². The SMILES string of the molecule is Cc1cc(N=C2CC(C3CC3)NN2)nc(NCc2ccco2)n1. The molecule has 4 rings (SSSR count). The first-order valence-electron chi connectivity index (χ1n) is 7.97. The van der Waals surface area contributed by atoms with Crippen LogP contribution in [0.1, 0.15) is 30.7 Å². The van der Waals surface area contributed by atoms with Crippen molar-refractivity contribution in [1.82, 2.24) is 20.8 Å². The third-order valence-electron chi connectivity index (χ3n) is 4.10. The summed E-state index contributed by atoms with van der Waals surface area (Å²) in [5, 5.41) is 3.17. The molecule has 0 amide bonds. The van der Waals surface area contributed by atoms with Crippen LogP contribution in [-0.4, -0.2) is 21.8 Å². The molecule has 1 saturated carbocycles. The molecule has 7 heteroatoms. The molecule has 23 heavy (non-hydrogen) atoms. The summed E-state index contributed by atoms with van der Waals surface area (Å²) in [5.74, 6) is 3.81. The lowest BCUT2D eigenvalue weighted by Gasteiger charge is -2.05. The van der Waals surface area contributed by atoms with Crippen molar-refractivity contribution in [2.75, 3.05) is 5.32 Å². The Balaban J connectivity index is 1.45. The largest absolute Gasteiger partial charge is 0.467 e. The first kappa shape index (κ1) is 14.2. The lowest BCUT2D eigenvalue weighted by atomic mass is 10.1. The molecule has 120 valence electrons. The summed E-state index contributed by atoms with van der Waals surface area (Å²) in [6, 6.07) is 6.17. The Morgan fingerprint density at radius 3 is 3.09 bits per heavy atom. The highest BCUT2D eigenvalue weighted by Gasteiger charge is 2.35. The number of aryl methyl sites for hydroxylation is 1. The number of amidine groups is 1. The van der Waals surface area contributed by atoms with E-state index in [2.05, 4.69) is 31.1 Å². The zero-order valence-electron chi connectivity index (χ0n) is 13.0. The minimum absolute atomic E-state index is 0.508. The molecule has 0 spiro atoms. The molecule has 2 aliphatic rings. The van der Waals surface area contributed by atoms with Gasteiger partial charge in [-0.1, -0.05) is 0 Å². The molecule has 1 aliphatic carbocycles. The Morgan fingerprint density at radius 2 is 2.30 bits per heavy atom. The highest BCUT2D eigenvalue weighted by atomic mass is 16.3. The molecule has 0 bridgehead atoms. The molecule has 2 aromatic heterocycles. The molecule has 2 aromatic rings. The lowest BCUT2D eigenvalue weighted by Crippen LogP contribution is -2.32. The first-order chi connectivity index (χ1) is 11.3. The van der Waals surface area contributed by atoms with Gasteiger partial charge in [-0.05, 0) is 37.8 Å². The van der Waals surface area contributed by atoms with E-state index in [1.165, 1.54) is 12.8 Å². The highest BCUT2D eigenvalue weighted by molar-refractivity contribution is 5.86. The van der Waals surface area contributed by atoms with Gasteiger partial charge in [-0.15, -0.1) is 0 Å². The van der Waals surface area contributed by atoms with E-state index < -0.39 is 0 Å². The molecule has 0 aromatic carbocycles. The molecular weight excluding hydrogens is 292 g/mol. The topological polar surface area (TPSA) is 87.4 Å². The number of hydrogen-bond acceptors (Lipinski definition) is 6. The number of furan rings is 1. The average molecular weight is 312 g/mol. The fourth-order valence-electron chi connectivity index (χ4n) is 2.75. The van der Waals surface area contributed by atoms with E-state index in [1.807, 2.05) is 25.1 Å². The number of hydrogen-bond donors (Lipinski definition) is 3. The molecule has 7 nitrogen and oxygen atoms in total. The van der Waals surface area contributed by atoms with Crippen LogP contribution in [-0.2, 0) is 6.54 Å². The maximum absolute atomic E-state index is 5.30. The second-order valence-electron chi connectivity index (χ2n) is 6.10. The Morgan fingerprint density at radius 1 is 1.39 bits per heavy atom. The zero-order chi connectivity index (χ0) is 15.6. The number of rotatable bonds is 5. The van der Waals surface area contributed by atoms with Crippen molar-refractivity contribution in [2.24, 2.45) is 10.9 Å². The van der Waals surface area contributed by atoms with Gasteiger partial charge in [0.15, 0.2) is 5.82 Å². The van der Waals surface area contributed by atoms with Crippen LogP contribution in [0, 0.1) is 12.8 Å². The summed E-state index contributed by atoms with van der Waals surface area (Å²) < 4.78 is 5.30. The van der Waals surface area contributed by atoms with E-state index in [-0.39, 0.29) is 0 Å². The van der Waals surface area contributed by atoms with Gasteiger partial charge in [0.25, 0.3) is 0 Å². The molecule has 1 unspecified atom stereocenters. The van der Waals surface area contributed by atoms with Gasteiger partial charge in [0, 0.05) is 24.2 Å². The van der Waals surface area contributed by atoms with Crippen LogP contribution in [0.4, 0.5) is 11.8 Å². The molecule has 1 aliphatic heterocycles. The Labute approximate surface area is 134 Å². The monoisotopic (exact) mass is 312 g/mol. The van der Waals surface area contributed by atoms with Crippen molar-refractivity contribution < 1.29 is 4.42 Å². The van der Waals surface area contributed by atoms with Gasteiger partial charge in [-0.3, -0.25) is 0 Å². The van der Waals surface area contributed by atoms with E-state index in [0.29, 0.717) is 24.4 Å². The first-order valence-corrected chi connectivity index (χ1v) is 7.97. The summed E-state index contributed by atoms with van der Waals surface area (Å²) in [6.07, 6.45) is 5.23. The molecule has 1 atom stereocenters. The van der Waals surface area contributed by atoms with Crippen molar-refractivity contribution in [3.8, 4) is 0 Å². The van der Waals surface area contributed by atoms with Gasteiger partial charge in [0.05, 0.1) is 12.8 Å². The summed E-state index contributed by atoms with van der Waals surface area (Å²) in [6.45, 7) is 2.49. The van der Waals surface area contributed by atoms with E-state index in [1.54, 1.807) is 6.26 Å². The van der Waals surface area contributed by atoms with Gasteiger partial charge >= 0.3 is 0 Å². The fourth-order valence-corrected chi connectivity index (χ4v) is 2.75. The van der Waals surface area contributed by atoms with Crippen LogP contribution in [0.25, 0.3) is 0 Å². The third kappa shape index (κ3) is 3.50. The number of hydrazine groups is 1. The molecule has 3 heterocycles. The van der Waals surface area contributed by atoms with Crippen molar-refractivity contribution in [1.29, 1.82) is 0 Å². The van der Waals surface area contributed by atoms with E-state index >= 15 is 0 Å². The summed E-state index contributed by atoms with van der Waals surface area (Å²) in [7, 11) is 0. The smallest absolute Gasteiger partial charge is 0.225 e. The van der Waals surface area contributed by atoms with Crippen LogP contribution in [0.5, 0.6) is 0 Å². The predicted molar refractivity (Wildman–Crippen MR) is 87.3 cm³/mol. The Bertz CT molecular complexity index is 707. The minimum atomic E-state index is 0.508. The van der Waals surface area contributed by atoms with Crippen molar-refractivity contribution in [3.05, 3.63) is 35.9 Å². The summed E-state index contributed by atoms with van der Waals surface area (Å²) >= 11 is 0. The third-order valence-corrected chi connectivity index (χ3v) is 4.10. The minimum Gasteiger partial charge on any atom is -0.467 e. The van der Waals surface area contributed by atoms with Crippen molar-refractivity contribution in [3.63, 3.8) is 0 Å². The van der Waals surface area contributed by atoms with Crippen molar-refractivity contribution in [2.45, 2.75) is 38.8 Å². The summed E-state index contributed by atoms with van der Waals surface area (Å²) in [4.78, 5) is 13.5. The predicted octanol–water partition coefficient (Wildman–Crippen LogP) is 2.30. The zero-order valence-corrected chi connectivity index (χ0v) is 13.0. The molecule has 2 fully saturated rings. The number of nitrogens with zero attached hydrogens (tertiary/aromatic N) is 3. The highest BCUT2D eigenvalue weighted by Crippen LogP contribution is 2.35. The van der Waals surface area contributed by atoms with E-state index in [4.69, 9.17) is 4.42 Å². The molecule has 3 N–H and O–H groups in total. The molecular formula is C16H20N6O. The Hall–Kier alpha value is -2.41. The van der Waals surface area contributed by atoms with E-state index in [0.717, 1.165) is 29.6 Å². The van der Waals surface area contributed by atoms with E-state index in [9.17, 15) is 0 Å². The normalized spacial score (nSPS) is 22.3. The van der Waals surface area contributed by atoms with Crippen LogP contribution >= 0.6 is 0 Å². The fraction of sp³-hybridized carbons (Fsp3) is 0.438. The van der Waals surface area contributed by atoms with Crippen LogP contribution in [0.3, 0.4) is 0 Å². The number of aliphatic imine (C=N–C) groups is 1. The number of nitrogens with one attached hydrogen (secondary N) is 3. The number of anilines is 1. The maximum atomic E-state index is 5.30. The lowest BCUT2D eigenvalue weighted by molar-refractivity contribution is 0.504. The van der Waals surface area contributed by atoms with Crippen molar-refractivity contribution >= 4 is 17.6 Å². The second-order valence-corrected chi connectivity index (χ2v) is 6.10. The average Bonchev–Trinajstić information content (AvgIpc) is 3.06. The molecule has 0 radical (unpaired) electrons. The van der Waals surface area contributed by atoms with Gasteiger partial charge in [-0.25, -0.2) is 15.4 Å². The quantitative estimate of drug-likeness (QED) is 0.785. The van der Waals surface area contributed by atoms with Crippen LogP contribution < -0.4 is 16.2 Å².